The van der Waals surface area contributed by atoms with E-state index in [-0.39, 0.29) is 5.91 Å². The first kappa shape index (κ1) is 14.8. The van der Waals surface area contributed by atoms with Crippen LogP contribution >= 0.6 is 0 Å². The molecule has 0 bridgehead atoms. The van der Waals surface area contributed by atoms with Crippen LogP contribution in [0, 0.1) is 0 Å². The molecule has 0 aliphatic carbocycles. The molecular weight excluding hydrogens is 266 g/mol. The normalized spacial score (nSPS) is 10.8. The number of nitrogens with one attached hydrogen (secondary N) is 1. The summed E-state index contributed by atoms with van der Waals surface area (Å²) in [4.78, 5) is 14.1. The van der Waals surface area contributed by atoms with Crippen LogP contribution in [-0.2, 0) is 0 Å². The SMILES string of the molecule is CCN(CC)c1ccc(C(=O)N/N=C\c2ccco2)cc1. The van der Waals surface area contributed by atoms with Gasteiger partial charge in [0.15, 0.2) is 0 Å². The Morgan fingerprint density at radius 1 is 1.24 bits per heavy atom. The van der Waals surface area contributed by atoms with E-state index in [2.05, 4.69) is 29.3 Å². The van der Waals surface area contributed by atoms with E-state index in [1.54, 1.807) is 30.5 Å². The summed E-state index contributed by atoms with van der Waals surface area (Å²) in [7, 11) is 0. The van der Waals surface area contributed by atoms with Gasteiger partial charge < -0.3 is 9.32 Å². The molecule has 0 aliphatic heterocycles. The maximum absolute atomic E-state index is 11.9. The Bertz CT molecular complexity index is 584. The Balaban J connectivity index is 1.96. The molecule has 1 N–H and O–H groups in total. The minimum atomic E-state index is -0.246. The summed E-state index contributed by atoms with van der Waals surface area (Å²) < 4.78 is 5.08. The summed E-state index contributed by atoms with van der Waals surface area (Å²) in [6.07, 6.45) is 3.01. The number of amides is 1. The van der Waals surface area contributed by atoms with Crippen LogP contribution in [-0.4, -0.2) is 25.2 Å². The van der Waals surface area contributed by atoms with E-state index >= 15 is 0 Å². The standard InChI is InChI=1S/C16H19N3O2/c1-3-19(4-2)14-9-7-13(8-10-14)16(20)18-17-12-15-6-5-11-21-15/h5-12H,3-4H2,1-2H3,(H,18,20)/b17-12-. The molecule has 1 aromatic carbocycles. The number of anilines is 1. The van der Waals surface area contributed by atoms with E-state index in [9.17, 15) is 4.79 Å². The molecule has 21 heavy (non-hydrogen) atoms. The van der Waals surface area contributed by atoms with Gasteiger partial charge in [0.25, 0.3) is 5.91 Å². The molecule has 0 radical (unpaired) electrons. The van der Waals surface area contributed by atoms with Crippen LogP contribution < -0.4 is 10.3 Å². The lowest BCUT2D eigenvalue weighted by Crippen LogP contribution is -2.22. The first-order chi connectivity index (χ1) is 10.2. The highest BCUT2D eigenvalue weighted by molar-refractivity contribution is 5.95. The number of hydrazone groups is 1. The molecule has 2 aromatic rings. The van der Waals surface area contributed by atoms with Crippen LogP contribution in [0.15, 0.2) is 52.2 Å². The first-order valence-corrected chi connectivity index (χ1v) is 6.96. The highest BCUT2D eigenvalue weighted by Crippen LogP contribution is 2.14. The highest BCUT2D eigenvalue weighted by atomic mass is 16.3. The number of nitrogens with zero attached hydrogens (tertiary/aromatic N) is 2. The van der Waals surface area contributed by atoms with Crippen molar-refractivity contribution in [2.75, 3.05) is 18.0 Å². The minimum Gasteiger partial charge on any atom is -0.463 e. The largest absolute Gasteiger partial charge is 0.463 e. The molecule has 0 saturated heterocycles. The monoisotopic (exact) mass is 285 g/mol. The number of benzene rings is 1. The molecule has 0 atom stereocenters. The van der Waals surface area contributed by atoms with E-state index < -0.39 is 0 Å². The van der Waals surface area contributed by atoms with Crippen LogP contribution in [0.3, 0.4) is 0 Å². The lowest BCUT2D eigenvalue weighted by atomic mass is 10.2. The third kappa shape index (κ3) is 3.95. The molecule has 1 aromatic heterocycles. The smallest absolute Gasteiger partial charge is 0.271 e. The van der Waals surface area contributed by atoms with Gasteiger partial charge >= 0.3 is 0 Å². The predicted molar refractivity (Wildman–Crippen MR) is 83.8 cm³/mol. The third-order valence-electron chi connectivity index (χ3n) is 3.16. The number of carbonyl (C=O) groups is 1. The van der Waals surface area contributed by atoms with Crippen LogP contribution in [0.5, 0.6) is 0 Å². The summed E-state index contributed by atoms with van der Waals surface area (Å²) in [6, 6.07) is 11.0. The average molecular weight is 285 g/mol. The second kappa shape index (κ2) is 7.28. The zero-order valence-corrected chi connectivity index (χ0v) is 12.2. The van der Waals surface area contributed by atoms with E-state index in [0.717, 1.165) is 18.8 Å². The van der Waals surface area contributed by atoms with Crippen molar-refractivity contribution < 1.29 is 9.21 Å². The summed E-state index contributed by atoms with van der Waals surface area (Å²) in [5, 5.41) is 3.85. The molecule has 2 rings (SSSR count). The number of hydrogen-bond acceptors (Lipinski definition) is 4. The van der Waals surface area contributed by atoms with Crippen molar-refractivity contribution in [1.82, 2.24) is 5.43 Å². The van der Waals surface area contributed by atoms with Gasteiger partial charge in [-0.2, -0.15) is 5.10 Å². The van der Waals surface area contributed by atoms with E-state index in [0.29, 0.717) is 11.3 Å². The third-order valence-corrected chi connectivity index (χ3v) is 3.16. The van der Waals surface area contributed by atoms with Crippen molar-refractivity contribution in [2.24, 2.45) is 5.10 Å². The maximum atomic E-state index is 11.9. The topological polar surface area (TPSA) is 57.8 Å². The molecule has 1 heterocycles. The fourth-order valence-corrected chi connectivity index (χ4v) is 2.00. The van der Waals surface area contributed by atoms with Gasteiger partial charge in [-0.3, -0.25) is 4.79 Å². The summed E-state index contributed by atoms with van der Waals surface area (Å²) in [5.41, 5.74) is 4.15. The molecule has 0 fully saturated rings. The van der Waals surface area contributed by atoms with E-state index in [4.69, 9.17) is 4.42 Å². The Kier molecular flexibility index (Phi) is 5.15. The molecule has 110 valence electrons. The lowest BCUT2D eigenvalue weighted by Gasteiger charge is -2.20. The highest BCUT2D eigenvalue weighted by Gasteiger charge is 2.06. The van der Waals surface area contributed by atoms with Crippen molar-refractivity contribution in [3.05, 3.63) is 54.0 Å². The zero-order valence-electron chi connectivity index (χ0n) is 12.2. The van der Waals surface area contributed by atoms with Gasteiger partial charge in [-0.25, -0.2) is 5.43 Å². The quantitative estimate of drug-likeness (QED) is 0.656. The minimum absolute atomic E-state index is 0.246. The van der Waals surface area contributed by atoms with Crippen molar-refractivity contribution in [3.8, 4) is 0 Å². The first-order valence-electron chi connectivity index (χ1n) is 6.96. The van der Waals surface area contributed by atoms with Crippen LogP contribution in [0.1, 0.15) is 30.0 Å². The van der Waals surface area contributed by atoms with Crippen LogP contribution in [0.4, 0.5) is 5.69 Å². The van der Waals surface area contributed by atoms with Crippen molar-refractivity contribution in [1.29, 1.82) is 0 Å². The van der Waals surface area contributed by atoms with Gasteiger partial charge in [0, 0.05) is 24.3 Å². The molecule has 1 amide bonds. The van der Waals surface area contributed by atoms with Gasteiger partial charge in [-0.1, -0.05) is 0 Å². The van der Waals surface area contributed by atoms with Crippen molar-refractivity contribution >= 4 is 17.8 Å². The van der Waals surface area contributed by atoms with Gasteiger partial charge in [0.05, 0.1) is 12.5 Å². The van der Waals surface area contributed by atoms with Gasteiger partial charge in [-0.05, 0) is 50.2 Å². The van der Waals surface area contributed by atoms with Gasteiger partial charge in [-0.15, -0.1) is 0 Å². The second-order valence-corrected chi connectivity index (χ2v) is 4.43. The average Bonchev–Trinajstić information content (AvgIpc) is 3.02. The van der Waals surface area contributed by atoms with Crippen molar-refractivity contribution in [3.63, 3.8) is 0 Å². The van der Waals surface area contributed by atoms with E-state index in [1.807, 2.05) is 12.1 Å². The summed E-state index contributed by atoms with van der Waals surface area (Å²) in [6.45, 7) is 6.09. The maximum Gasteiger partial charge on any atom is 0.271 e. The molecule has 0 spiro atoms. The number of hydrogen-bond donors (Lipinski definition) is 1. The van der Waals surface area contributed by atoms with Crippen LogP contribution in [0.2, 0.25) is 0 Å². The second-order valence-electron chi connectivity index (χ2n) is 4.43. The molecular formula is C16H19N3O2. The number of rotatable bonds is 6. The Hall–Kier alpha value is -2.56. The van der Waals surface area contributed by atoms with Crippen LogP contribution in [0.25, 0.3) is 0 Å². The van der Waals surface area contributed by atoms with Crippen molar-refractivity contribution in [2.45, 2.75) is 13.8 Å². The zero-order chi connectivity index (χ0) is 15.1. The molecule has 0 saturated carbocycles. The lowest BCUT2D eigenvalue weighted by molar-refractivity contribution is 0.0955. The number of furan rings is 1. The predicted octanol–water partition coefficient (Wildman–Crippen LogP) is 2.89. The fourth-order valence-electron chi connectivity index (χ4n) is 2.00. The summed E-state index contributed by atoms with van der Waals surface area (Å²) in [5.74, 6) is 0.344. The Morgan fingerprint density at radius 2 is 1.95 bits per heavy atom. The van der Waals surface area contributed by atoms with Gasteiger partial charge in [0.1, 0.15) is 5.76 Å². The molecule has 0 unspecified atom stereocenters. The van der Waals surface area contributed by atoms with E-state index in [1.165, 1.54) is 6.21 Å². The fraction of sp³-hybridized carbons (Fsp3) is 0.250. The summed E-state index contributed by atoms with van der Waals surface area (Å²) >= 11 is 0. The van der Waals surface area contributed by atoms with Gasteiger partial charge in [0.2, 0.25) is 0 Å². The number of carbonyl (C=O) groups excluding carboxylic acids is 1. The Morgan fingerprint density at radius 3 is 2.52 bits per heavy atom. The Labute approximate surface area is 124 Å². The molecule has 5 heteroatoms. The molecule has 0 aliphatic rings. The molecule has 5 nitrogen and oxygen atoms in total.